The molecule has 3 aromatic rings. The fraction of sp³-hybridized carbons (Fsp3) is 0.0625. The Hall–Kier alpha value is -2.85. The number of aromatic nitrogens is 3. The van der Waals surface area contributed by atoms with Gasteiger partial charge in [0.15, 0.2) is 5.69 Å². The van der Waals surface area contributed by atoms with Gasteiger partial charge in [0, 0.05) is 5.02 Å². The van der Waals surface area contributed by atoms with Crippen molar-refractivity contribution >= 4 is 27.5 Å². The van der Waals surface area contributed by atoms with Crippen molar-refractivity contribution in [2.24, 2.45) is 0 Å². The number of rotatable bonds is 4. The van der Waals surface area contributed by atoms with E-state index in [1.165, 1.54) is 19.1 Å². The summed E-state index contributed by atoms with van der Waals surface area (Å²) in [5.74, 6) is -2.37. The Balaban J connectivity index is 1.90. The highest BCUT2D eigenvalue weighted by molar-refractivity contribution is 7.90. The molecule has 0 aliphatic heterocycles. The van der Waals surface area contributed by atoms with Crippen LogP contribution < -0.4 is 4.72 Å². The number of nitrogens with one attached hydrogen (secondary N) is 1. The zero-order valence-corrected chi connectivity index (χ0v) is 15.2. The first kappa shape index (κ1) is 18.9. The summed E-state index contributed by atoms with van der Waals surface area (Å²) < 4.78 is 54.3. The minimum absolute atomic E-state index is 0.00941. The number of carbonyl (C=O) groups excluding carboxylic acids is 1. The first-order chi connectivity index (χ1) is 12.7. The Morgan fingerprint density at radius 1 is 1.15 bits per heavy atom. The Morgan fingerprint density at radius 3 is 2.44 bits per heavy atom. The average molecular weight is 413 g/mol. The van der Waals surface area contributed by atoms with E-state index in [4.69, 9.17) is 11.6 Å². The van der Waals surface area contributed by atoms with Gasteiger partial charge in [-0.25, -0.2) is 26.6 Å². The number of nitrogens with zero attached hydrogens (tertiary/aromatic N) is 3. The molecule has 0 fully saturated rings. The van der Waals surface area contributed by atoms with E-state index in [-0.39, 0.29) is 27.0 Å². The molecule has 140 valence electrons. The number of amides is 1. The Labute approximate surface area is 157 Å². The van der Waals surface area contributed by atoms with E-state index < -0.39 is 27.6 Å². The van der Waals surface area contributed by atoms with Gasteiger partial charge in [-0.1, -0.05) is 16.8 Å². The second kappa shape index (κ2) is 7.05. The lowest BCUT2D eigenvalue weighted by Crippen LogP contribution is -2.31. The monoisotopic (exact) mass is 412 g/mol. The summed E-state index contributed by atoms with van der Waals surface area (Å²) in [7, 11) is -4.25. The van der Waals surface area contributed by atoms with Crippen molar-refractivity contribution in [2.75, 3.05) is 0 Å². The SMILES string of the molecule is Cc1c(C(=O)NS(=O)(=O)c2ccc(F)cc2)nnn1-c1ccc(Cl)cc1F. The van der Waals surface area contributed by atoms with E-state index in [1.807, 2.05) is 4.72 Å². The molecule has 0 radical (unpaired) electrons. The van der Waals surface area contributed by atoms with Crippen molar-refractivity contribution in [3.05, 3.63) is 70.5 Å². The van der Waals surface area contributed by atoms with E-state index in [1.54, 1.807) is 0 Å². The molecule has 0 bridgehead atoms. The fourth-order valence-electron chi connectivity index (χ4n) is 2.26. The maximum absolute atomic E-state index is 14.1. The van der Waals surface area contributed by atoms with Crippen molar-refractivity contribution in [1.29, 1.82) is 0 Å². The molecular weight excluding hydrogens is 402 g/mol. The molecule has 1 N–H and O–H groups in total. The van der Waals surface area contributed by atoms with Gasteiger partial charge in [-0.2, -0.15) is 0 Å². The quantitative estimate of drug-likeness (QED) is 0.711. The van der Waals surface area contributed by atoms with Crippen molar-refractivity contribution in [3.63, 3.8) is 0 Å². The van der Waals surface area contributed by atoms with E-state index >= 15 is 0 Å². The molecule has 1 aromatic heterocycles. The largest absolute Gasteiger partial charge is 0.287 e. The normalized spacial score (nSPS) is 11.4. The number of hydrogen-bond donors (Lipinski definition) is 1. The lowest BCUT2D eigenvalue weighted by Gasteiger charge is -2.07. The third kappa shape index (κ3) is 3.81. The van der Waals surface area contributed by atoms with Crippen LogP contribution in [0.4, 0.5) is 8.78 Å². The Morgan fingerprint density at radius 2 is 1.81 bits per heavy atom. The molecule has 2 aromatic carbocycles. The number of hydrogen-bond acceptors (Lipinski definition) is 5. The van der Waals surface area contributed by atoms with E-state index in [0.29, 0.717) is 0 Å². The standard InChI is InChI=1S/C16H11ClF2N4O3S/c1-9-15(20-22-23(9)14-7-2-10(17)8-13(14)19)16(24)21-27(25,26)12-5-3-11(18)4-6-12/h2-8H,1H3,(H,21,24). The Bertz CT molecular complexity index is 1130. The molecule has 0 saturated heterocycles. The summed E-state index contributed by atoms with van der Waals surface area (Å²) in [5, 5.41) is 7.49. The third-order valence-corrected chi connectivity index (χ3v) is 5.18. The fourth-order valence-corrected chi connectivity index (χ4v) is 3.38. The predicted molar refractivity (Wildman–Crippen MR) is 92.1 cm³/mol. The minimum atomic E-state index is -4.25. The average Bonchev–Trinajstić information content (AvgIpc) is 2.96. The van der Waals surface area contributed by atoms with Crippen LogP contribution in [0, 0.1) is 18.6 Å². The van der Waals surface area contributed by atoms with Crippen molar-refractivity contribution < 1.29 is 22.0 Å². The van der Waals surface area contributed by atoms with Crippen molar-refractivity contribution in [2.45, 2.75) is 11.8 Å². The lowest BCUT2D eigenvalue weighted by molar-refractivity contribution is 0.0976. The topological polar surface area (TPSA) is 93.9 Å². The molecule has 0 unspecified atom stereocenters. The van der Waals surface area contributed by atoms with Crippen molar-refractivity contribution in [3.8, 4) is 5.69 Å². The van der Waals surface area contributed by atoms with Crippen LogP contribution in [0.25, 0.3) is 5.69 Å². The molecule has 0 aliphatic rings. The van der Waals surface area contributed by atoms with Crippen LogP contribution in [0.3, 0.4) is 0 Å². The lowest BCUT2D eigenvalue weighted by atomic mass is 10.2. The maximum atomic E-state index is 14.1. The van der Waals surface area contributed by atoms with Crippen LogP contribution in [-0.4, -0.2) is 29.3 Å². The van der Waals surface area contributed by atoms with Gasteiger partial charge in [-0.3, -0.25) is 4.79 Å². The number of benzene rings is 2. The van der Waals surface area contributed by atoms with Gasteiger partial charge in [0.25, 0.3) is 15.9 Å². The molecule has 1 heterocycles. The summed E-state index contributed by atoms with van der Waals surface area (Å²) in [6, 6.07) is 7.76. The summed E-state index contributed by atoms with van der Waals surface area (Å²) in [4.78, 5) is 12.0. The van der Waals surface area contributed by atoms with Gasteiger partial charge >= 0.3 is 0 Å². The van der Waals surface area contributed by atoms with Crippen LogP contribution in [0.2, 0.25) is 5.02 Å². The van der Waals surface area contributed by atoms with Crippen LogP contribution in [0.15, 0.2) is 47.4 Å². The highest BCUT2D eigenvalue weighted by Gasteiger charge is 2.24. The molecule has 1 amide bonds. The van der Waals surface area contributed by atoms with Crippen LogP contribution in [0.1, 0.15) is 16.2 Å². The number of carbonyl (C=O) groups is 1. The molecule has 7 nitrogen and oxygen atoms in total. The molecule has 0 aliphatic carbocycles. The highest BCUT2D eigenvalue weighted by atomic mass is 35.5. The zero-order chi connectivity index (χ0) is 19.8. The first-order valence-electron chi connectivity index (χ1n) is 7.39. The van der Waals surface area contributed by atoms with Gasteiger partial charge < -0.3 is 0 Å². The maximum Gasteiger partial charge on any atom is 0.287 e. The van der Waals surface area contributed by atoms with Gasteiger partial charge in [0.05, 0.1) is 10.6 Å². The predicted octanol–water partition coefficient (Wildman–Crippen LogP) is 2.63. The second-order valence-electron chi connectivity index (χ2n) is 5.42. The van der Waals surface area contributed by atoms with Crippen molar-refractivity contribution in [1.82, 2.24) is 19.7 Å². The summed E-state index contributed by atoms with van der Waals surface area (Å²) >= 11 is 5.70. The molecule has 0 saturated carbocycles. The van der Waals surface area contributed by atoms with Gasteiger partial charge in [0.2, 0.25) is 0 Å². The van der Waals surface area contributed by atoms with Gasteiger partial charge in [0.1, 0.15) is 17.3 Å². The molecule has 0 atom stereocenters. The number of sulfonamides is 1. The second-order valence-corrected chi connectivity index (χ2v) is 7.54. The van der Waals surface area contributed by atoms with Gasteiger partial charge in [-0.05, 0) is 49.4 Å². The molecule has 3 rings (SSSR count). The van der Waals surface area contributed by atoms with Crippen LogP contribution >= 0.6 is 11.6 Å². The molecule has 27 heavy (non-hydrogen) atoms. The zero-order valence-electron chi connectivity index (χ0n) is 13.6. The van der Waals surface area contributed by atoms with E-state index in [9.17, 15) is 22.0 Å². The van der Waals surface area contributed by atoms with E-state index in [2.05, 4.69) is 10.3 Å². The van der Waals surface area contributed by atoms with E-state index in [0.717, 1.165) is 35.0 Å². The van der Waals surface area contributed by atoms with Crippen LogP contribution in [-0.2, 0) is 10.0 Å². The summed E-state index contributed by atoms with van der Waals surface area (Å²) in [5.41, 5.74) is -0.206. The summed E-state index contributed by atoms with van der Waals surface area (Å²) in [6.07, 6.45) is 0. The first-order valence-corrected chi connectivity index (χ1v) is 9.25. The van der Waals surface area contributed by atoms with Gasteiger partial charge in [-0.15, -0.1) is 5.10 Å². The van der Waals surface area contributed by atoms with Crippen LogP contribution in [0.5, 0.6) is 0 Å². The summed E-state index contributed by atoms with van der Waals surface area (Å²) in [6.45, 7) is 1.42. The minimum Gasteiger partial charge on any atom is -0.266 e. The molecular formula is C16H11ClF2N4O3S. The highest BCUT2D eigenvalue weighted by Crippen LogP contribution is 2.20. The molecule has 0 spiro atoms. The Kier molecular flexibility index (Phi) is 4.94. The third-order valence-electron chi connectivity index (χ3n) is 3.60. The number of halogens is 3. The molecule has 11 heteroatoms. The smallest absolute Gasteiger partial charge is 0.266 e.